The average molecular weight is 482 g/mol. The molecule has 33 heavy (non-hydrogen) atoms. The maximum Gasteiger partial charge on any atom is 0.253 e. The molecule has 0 saturated carbocycles. The fraction of sp³-hybridized carbons (Fsp3) is 0.200. The van der Waals surface area contributed by atoms with Gasteiger partial charge in [0.1, 0.15) is 17.1 Å². The number of likely N-dealkylation sites (N-methyl/N-ethyl adjacent to an activating group) is 1. The lowest BCUT2D eigenvalue weighted by atomic mass is 9.84. The quantitative estimate of drug-likeness (QED) is 0.372. The highest BCUT2D eigenvalue weighted by atomic mass is 35.5. The Hall–Kier alpha value is -3.06. The van der Waals surface area contributed by atoms with Crippen LogP contribution < -0.4 is 21.5 Å². The SMILES string of the molecule is CN1Cc2c(Cl)cc(Cl)cc2C(c2ccc(Nc3c(NCc4ccco4)c(=O)c3=O)cc2)C1. The monoisotopic (exact) mass is 481 g/mol. The van der Waals surface area contributed by atoms with E-state index in [4.69, 9.17) is 27.6 Å². The Labute approximate surface area is 200 Å². The standard InChI is InChI=1S/C25H21Cl2N3O3/c1-30-12-19(18-9-15(26)10-21(27)20(18)13-30)14-4-6-16(7-5-14)29-23-22(24(31)25(23)32)28-11-17-3-2-8-33-17/h2-10,19,28-29H,11-13H2,1H3. The van der Waals surface area contributed by atoms with E-state index in [0.717, 1.165) is 35.5 Å². The molecule has 0 bridgehead atoms. The third kappa shape index (κ3) is 4.17. The largest absolute Gasteiger partial charge is 0.467 e. The van der Waals surface area contributed by atoms with Crippen LogP contribution in [0.25, 0.3) is 0 Å². The molecular formula is C25H21Cl2N3O3. The van der Waals surface area contributed by atoms with E-state index in [0.29, 0.717) is 22.4 Å². The van der Waals surface area contributed by atoms with E-state index < -0.39 is 10.9 Å². The summed E-state index contributed by atoms with van der Waals surface area (Å²) in [6.07, 6.45) is 1.56. The van der Waals surface area contributed by atoms with Gasteiger partial charge in [-0.2, -0.15) is 0 Å². The van der Waals surface area contributed by atoms with Gasteiger partial charge in [-0.1, -0.05) is 35.3 Å². The number of hydrogen-bond acceptors (Lipinski definition) is 6. The molecule has 0 radical (unpaired) electrons. The predicted molar refractivity (Wildman–Crippen MR) is 132 cm³/mol. The van der Waals surface area contributed by atoms with Crippen LogP contribution in [0.4, 0.5) is 17.1 Å². The molecule has 8 heteroatoms. The Balaban J connectivity index is 1.36. The van der Waals surface area contributed by atoms with Crippen molar-refractivity contribution in [3.05, 3.63) is 108 Å². The van der Waals surface area contributed by atoms with Crippen LogP contribution in [0.5, 0.6) is 0 Å². The van der Waals surface area contributed by atoms with Gasteiger partial charge in [0.25, 0.3) is 10.9 Å². The minimum Gasteiger partial charge on any atom is -0.467 e. The van der Waals surface area contributed by atoms with E-state index in [1.807, 2.05) is 30.3 Å². The van der Waals surface area contributed by atoms with Crippen molar-refractivity contribution in [3.63, 3.8) is 0 Å². The summed E-state index contributed by atoms with van der Waals surface area (Å²) in [5.74, 6) is 0.803. The van der Waals surface area contributed by atoms with Gasteiger partial charge in [0.05, 0.1) is 12.8 Å². The van der Waals surface area contributed by atoms with Crippen LogP contribution in [0.15, 0.2) is 68.8 Å². The zero-order valence-electron chi connectivity index (χ0n) is 17.8. The molecule has 1 aromatic heterocycles. The Morgan fingerprint density at radius 1 is 1.06 bits per heavy atom. The molecule has 1 aliphatic heterocycles. The molecule has 5 rings (SSSR count). The summed E-state index contributed by atoms with van der Waals surface area (Å²) in [5, 5.41) is 7.37. The molecule has 0 aliphatic carbocycles. The first-order valence-corrected chi connectivity index (χ1v) is 11.3. The second-order valence-corrected chi connectivity index (χ2v) is 9.14. The van der Waals surface area contributed by atoms with Crippen LogP contribution in [0.1, 0.15) is 28.4 Å². The number of rotatable bonds is 6. The van der Waals surface area contributed by atoms with Crippen molar-refractivity contribution in [2.75, 3.05) is 24.2 Å². The molecule has 0 spiro atoms. The summed E-state index contributed by atoms with van der Waals surface area (Å²) in [4.78, 5) is 26.4. The molecule has 0 amide bonds. The van der Waals surface area contributed by atoms with E-state index in [-0.39, 0.29) is 17.3 Å². The van der Waals surface area contributed by atoms with Gasteiger partial charge in [0.2, 0.25) is 0 Å². The number of nitrogens with zero attached hydrogens (tertiary/aromatic N) is 1. The number of halogens is 2. The molecular weight excluding hydrogens is 461 g/mol. The number of anilines is 3. The Morgan fingerprint density at radius 2 is 1.82 bits per heavy atom. The number of furan rings is 1. The molecule has 3 aromatic carbocycles. The molecule has 1 atom stereocenters. The van der Waals surface area contributed by atoms with Crippen molar-refractivity contribution in [2.45, 2.75) is 19.0 Å². The van der Waals surface area contributed by atoms with Gasteiger partial charge in [0.15, 0.2) is 0 Å². The summed E-state index contributed by atoms with van der Waals surface area (Å²) in [6.45, 7) is 1.94. The van der Waals surface area contributed by atoms with Crippen molar-refractivity contribution in [2.24, 2.45) is 0 Å². The Morgan fingerprint density at radius 3 is 2.55 bits per heavy atom. The highest BCUT2D eigenvalue weighted by Gasteiger charge is 2.27. The van der Waals surface area contributed by atoms with Crippen LogP contribution in [0, 0.1) is 0 Å². The zero-order chi connectivity index (χ0) is 23.1. The Bertz CT molecular complexity index is 1370. The number of hydrogen-bond donors (Lipinski definition) is 2. The summed E-state index contributed by atoms with van der Waals surface area (Å²) in [5.41, 5.74) is 3.54. The van der Waals surface area contributed by atoms with E-state index in [1.54, 1.807) is 24.5 Å². The third-order valence-electron chi connectivity index (χ3n) is 6.00. The first-order chi connectivity index (χ1) is 15.9. The summed E-state index contributed by atoms with van der Waals surface area (Å²) in [7, 11) is 2.07. The first kappa shape index (κ1) is 21.8. The van der Waals surface area contributed by atoms with Gasteiger partial charge < -0.3 is 20.0 Å². The van der Waals surface area contributed by atoms with Crippen LogP contribution in [-0.2, 0) is 13.1 Å². The van der Waals surface area contributed by atoms with Crippen molar-refractivity contribution in [3.8, 4) is 0 Å². The fourth-order valence-electron chi connectivity index (χ4n) is 4.34. The van der Waals surface area contributed by atoms with E-state index >= 15 is 0 Å². The highest BCUT2D eigenvalue weighted by Crippen LogP contribution is 2.38. The minimum absolute atomic E-state index is 0.126. The minimum atomic E-state index is -0.534. The van der Waals surface area contributed by atoms with Gasteiger partial charge in [-0.3, -0.25) is 9.59 Å². The first-order valence-electron chi connectivity index (χ1n) is 10.5. The fourth-order valence-corrected chi connectivity index (χ4v) is 4.91. The molecule has 0 fully saturated rings. The highest BCUT2D eigenvalue weighted by molar-refractivity contribution is 6.35. The van der Waals surface area contributed by atoms with Crippen molar-refractivity contribution >= 4 is 40.3 Å². The van der Waals surface area contributed by atoms with Crippen LogP contribution in [0.2, 0.25) is 10.0 Å². The van der Waals surface area contributed by atoms with Crippen LogP contribution in [-0.4, -0.2) is 18.5 Å². The Kier molecular flexibility index (Phi) is 5.74. The lowest BCUT2D eigenvalue weighted by Crippen LogP contribution is -2.36. The summed E-state index contributed by atoms with van der Waals surface area (Å²) in [6, 6.07) is 15.2. The lowest BCUT2D eigenvalue weighted by Gasteiger charge is -2.33. The third-order valence-corrected chi connectivity index (χ3v) is 6.56. The number of fused-ring (bicyclic) bond motifs is 1. The van der Waals surface area contributed by atoms with Crippen molar-refractivity contribution in [1.82, 2.24) is 4.90 Å². The summed E-state index contributed by atoms with van der Waals surface area (Å²) < 4.78 is 5.26. The smallest absolute Gasteiger partial charge is 0.253 e. The molecule has 2 heterocycles. The maximum atomic E-state index is 12.1. The molecule has 4 aromatic rings. The molecule has 2 N–H and O–H groups in total. The van der Waals surface area contributed by atoms with Gasteiger partial charge in [0, 0.05) is 34.7 Å². The predicted octanol–water partition coefficient (Wildman–Crippen LogP) is 5.12. The molecule has 1 aliphatic rings. The molecule has 168 valence electrons. The van der Waals surface area contributed by atoms with E-state index in [1.165, 1.54) is 0 Å². The maximum absolute atomic E-state index is 12.1. The van der Waals surface area contributed by atoms with Gasteiger partial charge in [-0.15, -0.1) is 0 Å². The number of benzene rings is 2. The van der Waals surface area contributed by atoms with Gasteiger partial charge in [-0.25, -0.2) is 0 Å². The summed E-state index contributed by atoms with van der Waals surface area (Å²) >= 11 is 12.8. The van der Waals surface area contributed by atoms with Crippen LogP contribution >= 0.6 is 23.2 Å². The second-order valence-electron chi connectivity index (χ2n) is 8.29. The normalized spacial score (nSPS) is 16.0. The van der Waals surface area contributed by atoms with Gasteiger partial charge >= 0.3 is 0 Å². The number of nitrogens with one attached hydrogen (secondary N) is 2. The zero-order valence-corrected chi connectivity index (χ0v) is 19.3. The molecule has 1 unspecified atom stereocenters. The molecule has 6 nitrogen and oxygen atoms in total. The topological polar surface area (TPSA) is 74.6 Å². The van der Waals surface area contributed by atoms with Gasteiger partial charge in [-0.05, 0) is 60.1 Å². The average Bonchev–Trinajstić information content (AvgIpc) is 3.32. The lowest BCUT2D eigenvalue weighted by molar-refractivity contribution is 0.295. The van der Waals surface area contributed by atoms with Crippen LogP contribution in [0.3, 0.4) is 0 Å². The van der Waals surface area contributed by atoms with Crippen molar-refractivity contribution < 1.29 is 4.42 Å². The van der Waals surface area contributed by atoms with E-state index in [2.05, 4.69) is 22.6 Å². The molecule has 0 saturated heterocycles. The van der Waals surface area contributed by atoms with Crippen molar-refractivity contribution in [1.29, 1.82) is 0 Å². The van der Waals surface area contributed by atoms with E-state index in [9.17, 15) is 9.59 Å². The second kappa shape index (κ2) is 8.71.